The number of carboxylic acids is 2. The van der Waals surface area contributed by atoms with Gasteiger partial charge in [0, 0.05) is 17.2 Å². The van der Waals surface area contributed by atoms with Crippen molar-refractivity contribution >= 4 is 17.9 Å². The summed E-state index contributed by atoms with van der Waals surface area (Å²) < 4.78 is 4.27. The van der Waals surface area contributed by atoms with Crippen molar-refractivity contribution in [2.45, 2.75) is 26.7 Å². The summed E-state index contributed by atoms with van der Waals surface area (Å²) in [5.41, 5.74) is 0.377. The van der Waals surface area contributed by atoms with Crippen LogP contribution in [0.5, 0.6) is 0 Å². The second kappa shape index (κ2) is 10.1. The van der Waals surface area contributed by atoms with E-state index in [0.29, 0.717) is 18.4 Å². The Bertz CT molecular complexity index is 354. The fourth-order valence-electron chi connectivity index (χ4n) is 0.833. The Morgan fingerprint density at radius 2 is 1.78 bits per heavy atom. The number of carbonyl (C=O) groups excluding carboxylic acids is 1. The van der Waals surface area contributed by atoms with Crippen molar-refractivity contribution in [1.29, 1.82) is 0 Å². The molecular weight excluding hydrogens is 240 g/mol. The van der Waals surface area contributed by atoms with Gasteiger partial charge in [-0.25, -0.2) is 14.4 Å². The van der Waals surface area contributed by atoms with E-state index in [4.69, 9.17) is 10.2 Å². The molecule has 0 aromatic carbocycles. The molecule has 0 rings (SSSR count). The van der Waals surface area contributed by atoms with Gasteiger partial charge in [-0.05, 0) is 13.3 Å². The highest BCUT2D eigenvalue weighted by Gasteiger charge is 2.07. The van der Waals surface area contributed by atoms with Crippen molar-refractivity contribution in [2.75, 3.05) is 7.11 Å². The molecule has 0 atom stereocenters. The first kappa shape index (κ1) is 18.3. The SMILES string of the molecule is C=C(C)C(=O)OC.CCC/C(=C\C(=O)O)C(=O)O. The van der Waals surface area contributed by atoms with Crippen LogP contribution in [0.25, 0.3) is 0 Å². The van der Waals surface area contributed by atoms with Gasteiger partial charge in [-0.2, -0.15) is 0 Å². The number of ether oxygens (including phenoxy) is 1. The second-order valence-electron chi connectivity index (χ2n) is 3.33. The normalized spacial score (nSPS) is 9.83. The van der Waals surface area contributed by atoms with Crippen LogP contribution in [-0.2, 0) is 19.1 Å². The van der Waals surface area contributed by atoms with Crippen LogP contribution >= 0.6 is 0 Å². The van der Waals surface area contributed by atoms with E-state index < -0.39 is 11.9 Å². The molecule has 0 saturated carbocycles. The minimum absolute atomic E-state index is 0.0556. The molecule has 0 aromatic heterocycles. The molecule has 0 aliphatic carbocycles. The number of rotatable bonds is 5. The van der Waals surface area contributed by atoms with Crippen LogP contribution in [0.2, 0.25) is 0 Å². The lowest BCUT2D eigenvalue weighted by molar-refractivity contribution is -0.136. The maximum atomic E-state index is 10.3. The van der Waals surface area contributed by atoms with Crippen LogP contribution in [0.1, 0.15) is 26.7 Å². The molecule has 0 bridgehead atoms. The predicted molar refractivity (Wildman–Crippen MR) is 65.1 cm³/mol. The van der Waals surface area contributed by atoms with Crippen molar-refractivity contribution in [1.82, 2.24) is 0 Å². The first-order valence-corrected chi connectivity index (χ1v) is 5.16. The van der Waals surface area contributed by atoms with Gasteiger partial charge in [-0.3, -0.25) is 0 Å². The van der Waals surface area contributed by atoms with Gasteiger partial charge in [-0.1, -0.05) is 19.9 Å². The van der Waals surface area contributed by atoms with Crippen LogP contribution in [0.15, 0.2) is 23.8 Å². The smallest absolute Gasteiger partial charge is 0.332 e. The molecule has 2 N–H and O–H groups in total. The zero-order valence-electron chi connectivity index (χ0n) is 10.7. The van der Waals surface area contributed by atoms with Crippen LogP contribution in [0, 0.1) is 0 Å². The standard InChI is InChI=1S/C7H10O4.C5H8O2/c1-2-3-5(7(10)11)4-6(8)9;1-4(2)5(6)7-3/h4H,2-3H2,1H3,(H,8,9)(H,10,11);1H2,2-3H3/b5-4+;. The molecule has 0 aromatic rings. The molecule has 0 radical (unpaired) electrons. The molecule has 0 amide bonds. The maximum Gasteiger partial charge on any atom is 0.332 e. The zero-order chi connectivity index (χ0) is 14.7. The lowest BCUT2D eigenvalue weighted by atomic mass is 10.1. The summed E-state index contributed by atoms with van der Waals surface area (Å²) in [5, 5.41) is 16.6. The van der Waals surface area contributed by atoms with Gasteiger partial charge in [0.1, 0.15) is 0 Å². The molecule has 102 valence electrons. The van der Waals surface area contributed by atoms with E-state index in [0.717, 1.165) is 6.08 Å². The van der Waals surface area contributed by atoms with Crippen molar-refractivity contribution in [3.63, 3.8) is 0 Å². The number of hydrogen-bond donors (Lipinski definition) is 2. The van der Waals surface area contributed by atoms with E-state index in [2.05, 4.69) is 11.3 Å². The van der Waals surface area contributed by atoms with Gasteiger partial charge in [0.2, 0.25) is 0 Å². The van der Waals surface area contributed by atoms with Crippen molar-refractivity contribution < 1.29 is 29.3 Å². The van der Waals surface area contributed by atoms with Gasteiger partial charge in [0.15, 0.2) is 0 Å². The average molecular weight is 258 g/mol. The summed E-state index contributed by atoms with van der Waals surface area (Å²) >= 11 is 0. The molecule has 6 heteroatoms. The van der Waals surface area contributed by atoms with E-state index in [1.165, 1.54) is 7.11 Å². The number of aliphatic carboxylic acids is 2. The van der Waals surface area contributed by atoms with Crippen LogP contribution in [0.4, 0.5) is 0 Å². The van der Waals surface area contributed by atoms with Crippen LogP contribution in [-0.4, -0.2) is 35.2 Å². The van der Waals surface area contributed by atoms with Crippen molar-refractivity contribution in [3.8, 4) is 0 Å². The molecule has 0 aliphatic rings. The van der Waals surface area contributed by atoms with E-state index >= 15 is 0 Å². The monoisotopic (exact) mass is 258 g/mol. The molecular formula is C12H18O6. The Morgan fingerprint density at radius 3 is 1.94 bits per heavy atom. The summed E-state index contributed by atoms with van der Waals surface area (Å²) in [7, 11) is 1.33. The Kier molecular flexibility index (Phi) is 10.2. The lowest BCUT2D eigenvalue weighted by Gasteiger charge is -1.95. The Balaban J connectivity index is 0. The minimum atomic E-state index is -1.21. The third-order valence-electron chi connectivity index (χ3n) is 1.63. The van der Waals surface area contributed by atoms with Gasteiger partial charge in [0.05, 0.1) is 7.11 Å². The number of carbonyl (C=O) groups is 3. The number of carboxylic acid groups (broad SMARTS) is 2. The molecule has 0 unspecified atom stereocenters. The van der Waals surface area contributed by atoms with Crippen molar-refractivity contribution in [3.05, 3.63) is 23.8 Å². The zero-order valence-corrected chi connectivity index (χ0v) is 10.7. The number of esters is 1. The average Bonchev–Trinajstić information content (AvgIpc) is 2.27. The van der Waals surface area contributed by atoms with E-state index in [1.807, 2.05) is 0 Å². The first-order chi connectivity index (χ1) is 8.26. The second-order valence-corrected chi connectivity index (χ2v) is 3.33. The highest BCUT2D eigenvalue weighted by molar-refractivity contribution is 5.94. The van der Waals surface area contributed by atoms with E-state index in [1.54, 1.807) is 13.8 Å². The summed E-state index contributed by atoms with van der Waals surface area (Å²) in [6.45, 7) is 6.74. The third-order valence-corrected chi connectivity index (χ3v) is 1.63. The Hall–Kier alpha value is -2.11. The summed E-state index contributed by atoms with van der Waals surface area (Å²) in [5.74, 6) is -2.72. The number of methoxy groups -OCH3 is 1. The quantitative estimate of drug-likeness (QED) is 0.574. The fourth-order valence-corrected chi connectivity index (χ4v) is 0.833. The first-order valence-electron chi connectivity index (χ1n) is 5.16. The van der Waals surface area contributed by atoms with Gasteiger partial charge >= 0.3 is 17.9 Å². The molecule has 0 saturated heterocycles. The highest BCUT2D eigenvalue weighted by Crippen LogP contribution is 2.03. The van der Waals surface area contributed by atoms with E-state index in [9.17, 15) is 14.4 Å². The molecule has 0 spiro atoms. The van der Waals surface area contributed by atoms with Gasteiger partial charge in [0.25, 0.3) is 0 Å². The topological polar surface area (TPSA) is 101 Å². The van der Waals surface area contributed by atoms with Gasteiger partial charge in [-0.15, -0.1) is 0 Å². The highest BCUT2D eigenvalue weighted by atomic mass is 16.5. The summed E-state index contributed by atoms with van der Waals surface area (Å²) in [6, 6.07) is 0. The van der Waals surface area contributed by atoms with Crippen LogP contribution < -0.4 is 0 Å². The third kappa shape index (κ3) is 10.4. The van der Waals surface area contributed by atoms with E-state index in [-0.39, 0.29) is 11.5 Å². The fraction of sp³-hybridized carbons (Fsp3) is 0.417. The van der Waals surface area contributed by atoms with Gasteiger partial charge < -0.3 is 14.9 Å². The van der Waals surface area contributed by atoms with Crippen molar-refractivity contribution in [2.24, 2.45) is 0 Å². The number of hydrogen-bond acceptors (Lipinski definition) is 4. The van der Waals surface area contributed by atoms with Crippen LogP contribution in [0.3, 0.4) is 0 Å². The molecule has 0 fully saturated rings. The Labute approximate surface area is 106 Å². The maximum absolute atomic E-state index is 10.3. The summed E-state index contributed by atoms with van der Waals surface area (Å²) in [4.78, 5) is 30.5. The summed E-state index contributed by atoms with van der Waals surface area (Å²) in [6.07, 6.45) is 1.65. The molecule has 18 heavy (non-hydrogen) atoms. The lowest BCUT2D eigenvalue weighted by Crippen LogP contribution is -2.03. The largest absolute Gasteiger partial charge is 0.478 e. The molecule has 6 nitrogen and oxygen atoms in total. The molecule has 0 heterocycles. The Morgan fingerprint density at radius 1 is 1.28 bits per heavy atom. The molecule has 0 aliphatic heterocycles. The minimum Gasteiger partial charge on any atom is -0.478 e. The predicted octanol–water partition coefficient (Wildman–Crippen LogP) is 1.62.